The van der Waals surface area contributed by atoms with Crippen LogP contribution in [0.3, 0.4) is 0 Å². The lowest BCUT2D eigenvalue weighted by Gasteiger charge is -2.20. The summed E-state index contributed by atoms with van der Waals surface area (Å²) in [6.07, 6.45) is 0. The average molecular weight is 208 g/mol. The second-order valence-electron chi connectivity index (χ2n) is 4.49. The Morgan fingerprint density at radius 3 is 2.47 bits per heavy atom. The maximum absolute atomic E-state index is 10.7. The van der Waals surface area contributed by atoms with Crippen molar-refractivity contribution in [2.75, 3.05) is 0 Å². The first-order valence-corrected chi connectivity index (χ1v) is 4.87. The highest BCUT2D eigenvalue weighted by atomic mass is 16.6. The molecule has 4 heteroatoms. The largest absolute Gasteiger partial charge is 0.308 e. The van der Waals surface area contributed by atoms with Crippen LogP contribution in [0, 0.1) is 10.1 Å². The van der Waals surface area contributed by atoms with E-state index in [0.717, 1.165) is 5.56 Å². The van der Waals surface area contributed by atoms with Gasteiger partial charge in [-0.1, -0.05) is 18.2 Å². The number of nitrogens with zero attached hydrogens (tertiary/aromatic N) is 1. The van der Waals surface area contributed by atoms with Gasteiger partial charge in [-0.3, -0.25) is 10.1 Å². The van der Waals surface area contributed by atoms with E-state index >= 15 is 0 Å². The van der Waals surface area contributed by atoms with Crippen molar-refractivity contribution in [1.29, 1.82) is 0 Å². The van der Waals surface area contributed by atoms with Gasteiger partial charge in [-0.15, -0.1) is 0 Å². The minimum atomic E-state index is -0.348. The van der Waals surface area contributed by atoms with Gasteiger partial charge < -0.3 is 5.32 Å². The Morgan fingerprint density at radius 1 is 1.33 bits per heavy atom. The summed E-state index contributed by atoms with van der Waals surface area (Å²) in [4.78, 5) is 10.4. The fraction of sp³-hybridized carbons (Fsp3) is 0.455. The smallest absolute Gasteiger partial charge is 0.273 e. The molecular weight excluding hydrogens is 192 g/mol. The van der Waals surface area contributed by atoms with Gasteiger partial charge in [0.1, 0.15) is 0 Å². The lowest BCUT2D eigenvalue weighted by molar-refractivity contribution is -0.385. The Kier molecular flexibility index (Phi) is 3.42. The maximum Gasteiger partial charge on any atom is 0.273 e. The number of benzene rings is 1. The summed E-state index contributed by atoms with van der Waals surface area (Å²) in [6, 6.07) is 6.79. The van der Waals surface area contributed by atoms with Crippen molar-refractivity contribution < 1.29 is 4.92 Å². The molecule has 15 heavy (non-hydrogen) atoms. The highest BCUT2D eigenvalue weighted by Crippen LogP contribution is 2.17. The second-order valence-corrected chi connectivity index (χ2v) is 4.49. The fourth-order valence-electron chi connectivity index (χ4n) is 1.20. The zero-order valence-electron chi connectivity index (χ0n) is 9.28. The summed E-state index contributed by atoms with van der Waals surface area (Å²) in [5.41, 5.74) is 0.857. The molecule has 0 unspecified atom stereocenters. The van der Waals surface area contributed by atoms with Crippen molar-refractivity contribution in [3.05, 3.63) is 39.9 Å². The van der Waals surface area contributed by atoms with Gasteiger partial charge in [0.2, 0.25) is 0 Å². The molecular formula is C11H16N2O2. The minimum absolute atomic E-state index is 0.0380. The number of hydrogen-bond donors (Lipinski definition) is 1. The zero-order valence-corrected chi connectivity index (χ0v) is 9.28. The first kappa shape index (κ1) is 11.7. The van der Waals surface area contributed by atoms with E-state index in [0.29, 0.717) is 6.54 Å². The van der Waals surface area contributed by atoms with E-state index in [9.17, 15) is 10.1 Å². The van der Waals surface area contributed by atoms with Crippen LogP contribution in [-0.4, -0.2) is 10.5 Å². The predicted molar refractivity (Wildman–Crippen MR) is 59.7 cm³/mol. The number of nitro groups is 1. The van der Waals surface area contributed by atoms with Gasteiger partial charge in [0, 0.05) is 23.7 Å². The van der Waals surface area contributed by atoms with E-state index in [2.05, 4.69) is 5.32 Å². The maximum atomic E-state index is 10.7. The molecule has 0 saturated heterocycles. The summed E-state index contributed by atoms with van der Waals surface area (Å²) in [5.74, 6) is 0. The molecule has 0 radical (unpaired) electrons. The van der Waals surface area contributed by atoms with Crippen LogP contribution in [0.15, 0.2) is 24.3 Å². The standard InChI is InChI=1S/C11H16N2O2/c1-11(2,3)12-8-9-6-4-5-7-10(9)13(14)15/h4-7,12H,8H2,1-3H3. The number of nitrogens with one attached hydrogen (secondary N) is 1. The van der Waals surface area contributed by atoms with E-state index in [1.165, 1.54) is 6.07 Å². The van der Waals surface area contributed by atoms with Crippen LogP contribution in [0.4, 0.5) is 5.69 Å². The third-order valence-electron chi connectivity index (χ3n) is 2.00. The first-order valence-electron chi connectivity index (χ1n) is 4.87. The molecule has 0 saturated carbocycles. The van der Waals surface area contributed by atoms with Crippen LogP contribution >= 0.6 is 0 Å². The van der Waals surface area contributed by atoms with E-state index in [4.69, 9.17) is 0 Å². The summed E-state index contributed by atoms with van der Waals surface area (Å²) in [6.45, 7) is 6.60. The summed E-state index contributed by atoms with van der Waals surface area (Å²) >= 11 is 0. The number of rotatable bonds is 3. The SMILES string of the molecule is CC(C)(C)NCc1ccccc1[N+](=O)[O-]. The van der Waals surface area contributed by atoms with Crippen LogP contribution in [0.1, 0.15) is 26.3 Å². The molecule has 1 aromatic rings. The van der Waals surface area contributed by atoms with Crippen LogP contribution < -0.4 is 5.32 Å². The minimum Gasteiger partial charge on any atom is -0.308 e. The van der Waals surface area contributed by atoms with Crippen molar-refractivity contribution in [1.82, 2.24) is 5.32 Å². The molecule has 0 bridgehead atoms. The highest BCUT2D eigenvalue weighted by Gasteiger charge is 2.14. The molecule has 1 rings (SSSR count). The first-order chi connectivity index (χ1) is 6.90. The summed E-state index contributed by atoms with van der Waals surface area (Å²) in [7, 11) is 0. The summed E-state index contributed by atoms with van der Waals surface area (Å²) < 4.78 is 0. The Balaban J connectivity index is 2.81. The van der Waals surface area contributed by atoms with Crippen LogP contribution in [0.2, 0.25) is 0 Å². The van der Waals surface area contributed by atoms with Gasteiger partial charge >= 0.3 is 0 Å². The van der Waals surface area contributed by atoms with Crippen molar-refractivity contribution in [2.45, 2.75) is 32.9 Å². The van der Waals surface area contributed by atoms with Crippen molar-refractivity contribution in [3.8, 4) is 0 Å². The molecule has 0 atom stereocenters. The van der Waals surface area contributed by atoms with Crippen molar-refractivity contribution in [2.24, 2.45) is 0 Å². The number of nitro benzene ring substituents is 1. The quantitative estimate of drug-likeness (QED) is 0.613. The number of para-hydroxylation sites is 1. The van der Waals surface area contributed by atoms with Gasteiger partial charge in [-0.2, -0.15) is 0 Å². The van der Waals surface area contributed by atoms with Gasteiger partial charge in [0.25, 0.3) is 5.69 Å². The van der Waals surface area contributed by atoms with Crippen molar-refractivity contribution in [3.63, 3.8) is 0 Å². The Labute approximate surface area is 89.5 Å². The summed E-state index contributed by atoms with van der Waals surface area (Å²) in [5, 5.41) is 14.0. The third kappa shape index (κ3) is 3.67. The zero-order chi connectivity index (χ0) is 11.5. The second kappa shape index (κ2) is 4.40. The van der Waals surface area contributed by atoms with Crippen molar-refractivity contribution >= 4 is 5.69 Å². The van der Waals surface area contributed by atoms with Crippen LogP contribution in [0.25, 0.3) is 0 Å². The predicted octanol–water partition coefficient (Wildman–Crippen LogP) is 2.48. The Hall–Kier alpha value is -1.42. The lowest BCUT2D eigenvalue weighted by Crippen LogP contribution is -2.35. The molecule has 0 fully saturated rings. The lowest BCUT2D eigenvalue weighted by atomic mass is 10.1. The molecule has 0 spiro atoms. The molecule has 0 aliphatic heterocycles. The van der Waals surface area contributed by atoms with Gasteiger partial charge in [-0.25, -0.2) is 0 Å². The topological polar surface area (TPSA) is 55.2 Å². The molecule has 0 aliphatic rings. The Bertz CT molecular complexity index is 356. The molecule has 4 nitrogen and oxygen atoms in total. The van der Waals surface area contributed by atoms with E-state index < -0.39 is 0 Å². The van der Waals surface area contributed by atoms with E-state index in [1.54, 1.807) is 12.1 Å². The van der Waals surface area contributed by atoms with Gasteiger partial charge in [-0.05, 0) is 20.8 Å². The van der Waals surface area contributed by atoms with Crippen LogP contribution in [0.5, 0.6) is 0 Å². The Morgan fingerprint density at radius 2 is 1.93 bits per heavy atom. The van der Waals surface area contributed by atoms with Gasteiger partial charge in [0.05, 0.1) is 4.92 Å². The highest BCUT2D eigenvalue weighted by molar-refractivity contribution is 5.39. The fourth-order valence-corrected chi connectivity index (χ4v) is 1.20. The monoisotopic (exact) mass is 208 g/mol. The third-order valence-corrected chi connectivity index (χ3v) is 2.00. The van der Waals surface area contributed by atoms with E-state index in [-0.39, 0.29) is 16.1 Å². The van der Waals surface area contributed by atoms with Crippen LogP contribution in [-0.2, 0) is 6.54 Å². The molecule has 0 amide bonds. The number of hydrogen-bond acceptors (Lipinski definition) is 3. The van der Waals surface area contributed by atoms with Gasteiger partial charge in [0.15, 0.2) is 0 Å². The molecule has 0 heterocycles. The normalized spacial score (nSPS) is 11.4. The molecule has 0 aromatic heterocycles. The molecule has 1 N–H and O–H groups in total. The van der Waals surface area contributed by atoms with E-state index in [1.807, 2.05) is 26.8 Å². The molecule has 0 aliphatic carbocycles. The molecule has 82 valence electrons. The average Bonchev–Trinajstić information content (AvgIpc) is 2.14. The molecule has 1 aromatic carbocycles.